The second kappa shape index (κ2) is 12.9. The van der Waals surface area contributed by atoms with Gasteiger partial charge in [0.1, 0.15) is 0 Å². The van der Waals surface area contributed by atoms with Crippen molar-refractivity contribution < 1.29 is 58.9 Å². The van der Waals surface area contributed by atoms with Crippen LogP contribution in [0.2, 0.25) is 0 Å². The van der Waals surface area contributed by atoms with Gasteiger partial charge in [-0.05, 0) is 38.8 Å². The molecule has 28 heavy (non-hydrogen) atoms. The zero-order valence-corrected chi connectivity index (χ0v) is 21.0. The van der Waals surface area contributed by atoms with Crippen LogP contribution >= 0.6 is 0 Å². The van der Waals surface area contributed by atoms with E-state index in [1.165, 1.54) is 44.5 Å². The summed E-state index contributed by atoms with van der Waals surface area (Å²) < 4.78 is 0. The third-order valence-corrected chi connectivity index (χ3v) is 4.77. The summed E-state index contributed by atoms with van der Waals surface area (Å²) in [6.45, 7) is 11.0. The van der Waals surface area contributed by atoms with Gasteiger partial charge in [-0.25, -0.2) is 17.7 Å². The zero-order chi connectivity index (χ0) is 17.3. The molecule has 0 saturated carbocycles. The van der Waals surface area contributed by atoms with Crippen LogP contribution in [0.1, 0.15) is 59.1 Å². The first-order valence-corrected chi connectivity index (χ1v) is 8.94. The van der Waals surface area contributed by atoms with Gasteiger partial charge in [0.05, 0.1) is 0 Å². The van der Waals surface area contributed by atoms with Gasteiger partial charge < -0.3 is 37.2 Å². The number of rotatable bonds is 4. The molecule has 0 heterocycles. The van der Waals surface area contributed by atoms with Gasteiger partial charge in [0.15, 0.2) is 0 Å². The van der Waals surface area contributed by atoms with Gasteiger partial charge in [0.2, 0.25) is 0 Å². The quantitative estimate of drug-likeness (QED) is 0.344. The summed E-state index contributed by atoms with van der Waals surface area (Å²) in [4.78, 5) is 0. The first kappa shape index (κ1) is 29.7. The minimum Gasteiger partial charge on any atom is -1.00 e. The topological polar surface area (TPSA) is 0 Å². The SMILES string of the molecule is CCC1=CCC(C(c2cc(C)cc(C)c2)c2cc(C)cc(C)c2)=[C-]1.[Cl-].[Cl-].[Cl-].[Ti+4]. The molecule has 148 valence electrons. The molecule has 1 aliphatic rings. The van der Waals surface area contributed by atoms with Crippen LogP contribution in [-0.2, 0) is 21.7 Å². The van der Waals surface area contributed by atoms with Gasteiger partial charge in [-0.3, -0.25) is 0 Å². The maximum absolute atomic E-state index is 3.69. The van der Waals surface area contributed by atoms with Crippen LogP contribution in [0, 0.1) is 33.8 Å². The summed E-state index contributed by atoms with van der Waals surface area (Å²) in [5.41, 5.74) is 10.9. The summed E-state index contributed by atoms with van der Waals surface area (Å²) in [5, 5.41) is 0. The second-order valence-corrected chi connectivity index (χ2v) is 7.21. The minimum absolute atomic E-state index is 0. The molecule has 0 bridgehead atoms. The van der Waals surface area contributed by atoms with Crippen molar-refractivity contribution in [3.8, 4) is 0 Å². The molecular formula is C24H27Cl3Ti. The maximum Gasteiger partial charge on any atom is 4.00 e. The minimum atomic E-state index is 0. The Labute approximate surface area is 204 Å². The largest absolute Gasteiger partial charge is 4.00 e. The molecule has 4 heteroatoms. The molecule has 0 saturated heterocycles. The number of hydrogen-bond donors (Lipinski definition) is 0. The van der Waals surface area contributed by atoms with Crippen molar-refractivity contribution in [3.05, 3.63) is 93.1 Å². The standard InChI is InChI=1S/C24H27.3ClH.Ti/c1-6-20-7-8-21(15-20)24(22-11-16(2)9-17(3)12-22)23-13-18(4)10-19(5)14-23;;;;/h7,9-14,24H,6,8H2,1-5H3;3*1H;/q-1;;;;+4/p-3. The third kappa shape index (κ3) is 7.08. The number of halogens is 3. The predicted molar refractivity (Wildman–Crippen MR) is 103 cm³/mol. The normalized spacial score (nSPS) is 12.1. The van der Waals surface area contributed by atoms with E-state index in [1.807, 2.05) is 0 Å². The average Bonchev–Trinajstić information content (AvgIpc) is 2.94. The molecule has 3 rings (SSSR count). The summed E-state index contributed by atoms with van der Waals surface area (Å²) in [6, 6.07) is 13.9. The summed E-state index contributed by atoms with van der Waals surface area (Å²) >= 11 is 0. The Morgan fingerprint density at radius 3 is 1.46 bits per heavy atom. The van der Waals surface area contributed by atoms with Crippen molar-refractivity contribution in [2.24, 2.45) is 0 Å². The number of allylic oxidation sites excluding steroid dienone is 4. The molecule has 0 unspecified atom stereocenters. The molecule has 0 N–H and O–H groups in total. The number of benzene rings is 2. The summed E-state index contributed by atoms with van der Waals surface area (Å²) in [6.07, 6.45) is 8.12. The Morgan fingerprint density at radius 2 is 1.14 bits per heavy atom. The van der Waals surface area contributed by atoms with Crippen LogP contribution in [0.15, 0.2) is 53.6 Å². The van der Waals surface area contributed by atoms with Crippen LogP contribution in [0.3, 0.4) is 0 Å². The van der Waals surface area contributed by atoms with E-state index < -0.39 is 0 Å². The van der Waals surface area contributed by atoms with E-state index in [1.54, 1.807) is 0 Å². The average molecular weight is 470 g/mol. The van der Waals surface area contributed by atoms with Crippen molar-refractivity contribution in [2.75, 3.05) is 0 Å². The van der Waals surface area contributed by atoms with E-state index in [2.05, 4.69) is 83.2 Å². The van der Waals surface area contributed by atoms with Crippen LogP contribution in [0.25, 0.3) is 0 Å². The number of aryl methyl sites for hydroxylation is 4. The molecule has 0 amide bonds. The zero-order valence-electron chi connectivity index (χ0n) is 17.2. The van der Waals surface area contributed by atoms with E-state index >= 15 is 0 Å². The molecule has 1 aliphatic carbocycles. The van der Waals surface area contributed by atoms with Crippen LogP contribution < -0.4 is 37.2 Å². The molecule has 0 fully saturated rings. The van der Waals surface area contributed by atoms with E-state index in [0.717, 1.165) is 12.8 Å². The molecule has 0 aliphatic heterocycles. The van der Waals surface area contributed by atoms with Crippen molar-refractivity contribution >= 4 is 0 Å². The van der Waals surface area contributed by atoms with E-state index in [0.29, 0.717) is 5.92 Å². The van der Waals surface area contributed by atoms with Crippen LogP contribution in [-0.4, -0.2) is 0 Å². The molecule has 0 aromatic heterocycles. The van der Waals surface area contributed by atoms with Crippen molar-refractivity contribution in [2.45, 2.75) is 53.4 Å². The monoisotopic (exact) mass is 468 g/mol. The van der Waals surface area contributed by atoms with Crippen molar-refractivity contribution in [1.29, 1.82) is 0 Å². The van der Waals surface area contributed by atoms with Crippen molar-refractivity contribution in [3.63, 3.8) is 0 Å². The Kier molecular flexibility index (Phi) is 13.7. The van der Waals surface area contributed by atoms with Gasteiger partial charge in [0.25, 0.3) is 0 Å². The molecule has 0 atom stereocenters. The Morgan fingerprint density at radius 1 is 0.750 bits per heavy atom. The predicted octanol–water partition coefficient (Wildman–Crippen LogP) is -2.47. The first-order valence-electron chi connectivity index (χ1n) is 8.94. The Bertz CT molecular complexity index is 746. The fraction of sp³-hybridized carbons (Fsp3) is 0.333. The van der Waals surface area contributed by atoms with Gasteiger partial charge >= 0.3 is 21.7 Å². The molecule has 0 nitrogen and oxygen atoms in total. The van der Waals surface area contributed by atoms with Gasteiger partial charge in [-0.2, -0.15) is 5.57 Å². The van der Waals surface area contributed by atoms with Gasteiger partial charge in [-0.1, -0.05) is 78.4 Å². The van der Waals surface area contributed by atoms with Crippen molar-refractivity contribution in [1.82, 2.24) is 0 Å². The molecule has 0 spiro atoms. The summed E-state index contributed by atoms with van der Waals surface area (Å²) in [7, 11) is 0. The second-order valence-electron chi connectivity index (χ2n) is 7.21. The molecule has 2 aromatic carbocycles. The Hall–Kier alpha value is -0.496. The smallest absolute Gasteiger partial charge is 1.00 e. The molecular weight excluding hydrogens is 442 g/mol. The molecule has 0 radical (unpaired) electrons. The number of hydrogen-bond acceptors (Lipinski definition) is 0. The maximum atomic E-state index is 3.69. The Balaban J connectivity index is 0. The van der Waals surface area contributed by atoms with E-state index in [9.17, 15) is 0 Å². The third-order valence-electron chi connectivity index (χ3n) is 4.77. The van der Waals surface area contributed by atoms with Crippen LogP contribution in [0.5, 0.6) is 0 Å². The van der Waals surface area contributed by atoms with Gasteiger partial charge in [0, 0.05) is 5.92 Å². The fourth-order valence-corrected chi connectivity index (χ4v) is 3.91. The molecule has 2 aromatic rings. The van der Waals surface area contributed by atoms with Gasteiger partial charge in [-0.15, -0.1) is 0 Å². The van der Waals surface area contributed by atoms with Crippen LogP contribution in [0.4, 0.5) is 0 Å². The fourth-order valence-electron chi connectivity index (χ4n) is 3.91. The van der Waals surface area contributed by atoms with E-state index in [4.69, 9.17) is 0 Å². The summed E-state index contributed by atoms with van der Waals surface area (Å²) in [5.74, 6) is 0.308. The van der Waals surface area contributed by atoms with E-state index in [-0.39, 0.29) is 58.9 Å². The first-order chi connectivity index (χ1) is 11.5.